The van der Waals surface area contributed by atoms with Gasteiger partial charge in [-0.1, -0.05) is 13.3 Å². The highest BCUT2D eigenvalue weighted by Gasteiger charge is 2.62. The van der Waals surface area contributed by atoms with Crippen LogP contribution in [0, 0.1) is 6.92 Å². The van der Waals surface area contributed by atoms with Crippen molar-refractivity contribution in [3.8, 4) is 11.5 Å². The van der Waals surface area contributed by atoms with Gasteiger partial charge in [-0.05, 0) is 51.8 Å². The zero-order valence-corrected chi connectivity index (χ0v) is 19.5. The number of carbonyl (C=O) groups excluding carboxylic acids is 1. The molecule has 0 spiro atoms. The molecular weight excluding hydrogens is 422 g/mol. The average Bonchev–Trinajstić information content (AvgIpc) is 2.69. The Bertz CT molecular complexity index is 796. The summed E-state index contributed by atoms with van der Waals surface area (Å²) in [5.74, 6) is -3.28. The van der Waals surface area contributed by atoms with Crippen LogP contribution in [-0.2, 0) is 4.79 Å². The number of urea groups is 1. The van der Waals surface area contributed by atoms with E-state index in [4.69, 9.17) is 9.47 Å². The molecule has 2 rings (SSSR count). The molecule has 0 bridgehead atoms. The maximum absolute atomic E-state index is 13.5. The summed E-state index contributed by atoms with van der Waals surface area (Å²) < 4.78 is 38.4. The van der Waals surface area contributed by atoms with E-state index in [0.29, 0.717) is 37.7 Å². The Morgan fingerprint density at radius 3 is 2.09 bits per heavy atom. The number of rotatable bonds is 11. The molecule has 1 aliphatic carbocycles. The lowest BCUT2D eigenvalue weighted by Gasteiger charge is -2.45. The van der Waals surface area contributed by atoms with Crippen LogP contribution in [0.4, 0.5) is 13.6 Å². The molecule has 32 heavy (non-hydrogen) atoms. The van der Waals surface area contributed by atoms with Gasteiger partial charge in [-0.25, -0.2) is 18.4 Å². The van der Waals surface area contributed by atoms with Gasteiger partial charge >= 0.3 is 12.0 Å². The SMILES string of the molecule is CCCCN(C(=O)NC1(C(=O)O)CC(F)(F)C1)[C@H](C)c1cc(OCC)c(C)c(OCC)c1. The molecule has 1 aromatic rings. The molecule has 1 atom stereocenters. The normalized spacial score (nSPS) is 17.1. The molecule has 1 aliphatic rings. The first kappa shape index (κ1) is 25.7. The van der Waals surface area contributed by atoms with Crippen molar-refractivity contribution in [1.82, 2.24) is 10.2 Å². The van der Waals surface area contributed by atoms with Crippen LogP contribution in [0.15, 0.2) is 12.1 Å². The van der Waals surface area contributed by atoms with E-state index in [0.717, 1.165) is 17.5 Å². The first-order valence-electron chi connectivity index (χ1n) is 11.1. The highest BCUT2D eigenvalue weighted by atomic mass is 19.3. The standard InChI is InChI=1S/C23H34F2N2O5/c1-6-9-10-27(21(30)26-22(20(28)29)13-23(24,25)14-22)16(5)17-11-18(31-7-2)15(4)19(12-17)32-8-3/h11-12,16H,6-10,13-14H2,1-5H3,(H,26,30)(H,28,29)/t16-/m1/s1. The summed E-state index contributed by atoms with van der Waals surface area (Å²) in [7, 11) is 0. The van der Waals surface area contributed by atoms with Gasteiger partial charge in [0.1, 0.15) is 11.5 Å². The zero-order chi connectivity index (χ0) is 24.1. The van der Waals surface area contributed by atoms with E-state index in [1.807, 2.05) is 46.8 Å². The Balaban J connectivity index is 2.35. The molecule has 0 radical (unpaired) electrons. The van der Waals surface area contributed by atoms with Gasteiger partial charge in [0.25, 0.3) is 5.92 Å². The van der Waals surface area contributed by atoms with Crippen LogP contribution >= 0.6 is 0 Å². The van der Waals surface area contributed by atoms with E-state index in [1.54, 1.807) is 0 Å². The summed E-state index contributed by atoms with van der Waals surface area (Å²) in [5.41, 5.74) is -0.363. The number of hydrogen-bond donors (Lipinski definition) is 2. The van der Waals surface area contributed by atoms with Crippen LogP contribution in [0.1, 0.15) is 70.5 Å². The van der Waals surface area contributed by atoms with Gasteiger partial charge < -0.3 is 24.8 Å². The third-order valence-electron chi connectivity index (χ3n) is 5.77. The number of aliphatic carboxylic acids is 1. The lowest BCUT2D eigenvalue weighted by atomic mass is 9.73. The Morgan fingerprint density at radius 2 is 1.69 bits per heavy atom. The van der Waals surface area contributed by atoms with Gasteiger partial charge in [-0.3, -0.25) is 0 Å². The number of carbonyl (C=O) groups is 2. The first-order valence-corrected chi connectivity index (χ1v) is 11.1. The molecule has 0 aliphatic heterocycles. The number of halogens is 2. The predicted molar refractivity (Wildman–Crippen MR) is 117 cm³/mol. The van der Waals surface area contributed by atoms with Crippen molar-refractivity contribution in [3.05, 3.63) is 23.3 Å². The number of carboxylic acid groups (broad SMARTS) is 1. The fourth-order valence-electron chi connectivity index (χ4n) is 3.91. The van der Waals surface area contributed by atoms with Crippen molar-refractivity contribution in [2.75, 3.05) is 19.8 Å². The highest BCUT2D eigenvalue weighted by molar-refractivity contribution is 5.88. The second-order valence-corrected chi connectivity index (χ2v) is 8.26. The lowest BCUT2D eigenvalue weighted by Crippen LogP contribution is -2.68. The smallest absolute Gasteiger partial charge is 0.329 e. The van der Waals surface area contributed by atoms with E-state index in [2.05, 4.69) is 5.32 Å². The fourth-order valence-corrected chi connectivity index (χ4v) is 3.91. The summed E-state index contributed by atoms with van der Waals surface area (Å²) >= 11 is 0. The van der Waals surface area contributed by atoms with Crippen LogP contribution in [0.25, 0.3) is 0 Å². The van der Waals surface area contributed by atoms with Gasteiger partial charge in [-0.2, -0.15) is 0 Å². The van der Waals surface area contributed by atoms with Crippen molar-refractivity contribution in [2.24, 2.45) is 0 Å². The molecule has 2 amide bonds. The van der Waals surface area contributed by atoms with E-state index >= 15 is 0 Å². The predicted octanol–water partition coefficient (Wildman–Crippen LogP) is 4.92. The summed E-state index contributed by atoms with van der Waals surface area (Å²) in [6.07, 6.45) is -0.341. The van der Waals surface area contributed by atoms with Crippen LogP contribution in [0.5, 0.6) is 11.5 Å². The number of amides is 2. The molecule has 0 unspecified atom stereocenters. The molecule has 7 nitrogen and oxygen atoms in total. The van der Waals surface area contributed by atoms with Crippen molar-refractivity contribution in [3.63, 3.8) is 0 Å². The number of hydrogen-bond acceptors (Lipinski definition) is 4. The van der Waals surface area contributed by atoms with Gasteiger partial charge in [0, 0.05) is 24.9 Å². The van der Waals surface area contributed by atoms with Gasteiger partial charge in [0.15, 0.2) is 5.54 Å². The molecule has 0 heterocycles. The Labute approximate surface area is 188 Å². The quantitative estimate of drug-likeness (QED) is 0.494. The molecule has 0 aromatic heterocycles. The second-order valence-electron chi connectivity index (χ2n) is 8.26. The third kappa shape index (κ3) is 5.61. The maximum atomic E-state index is 13.5. The fraction of sp³-hybridized carbons (Fsp3) is 0.652. The molecule has 1 saturated carbocycles. The minimum absolute atomic E-state index is 0.345. The minimum Gasteiger partial charge on any atom is -0.493 e. The number of unbranched alkanes of at least 4 members (excludes halogenated alkanes) is 1. The minimum atomic E-state index is -3.10. The summed E-state index contributed by atoms with van der Waals surface area (Å²) in [5, 5.41) is 11.9. The molecular formula is C23H34F2N2O5. The van der Waals surface area contributed by atoms with Crippen LogP contribution in [0.3, 0.4) is 0 Å². The summed E-state index contributed by atoms with van der Waals surface area (Å²) in [4.78, 5) is 26.3. The number of nitrogens with zero attached hydrogens (tertiary/aromatic N) is 1. The molecule has 0 saturated heterocycles. The molecule has 1 fully saturated rings. The van der Waals surface area contributed by atoms with Crippen molar-refractivity contribution in [2.45, 2.75) is 77.8 Å². The average molecular weight is 457 g/mol. The Kier molecular flexibility index (Phi) is 8.31. The third-order valence-corrected chi connectivity index (χ3v) is 5.77. The van der Waals surface area contributed by atoms with Crippen molar-refractivity contribution < 1.29 is 33.0 Å². The topological polar surface area (TPSA) is 88.1 Å². The Hall–Kier alpha value is -2.58. The van der Waals surface area contributed by atoms with Crippen molar-refractivity contribution >= 4 is 12.0 Å². The number of carboxylic acids is 1. The van der Waals surface area contributed by atoms with Crippen LogP contribution < -0.4 is 14.8 Å². The second kappa shape index (κ2) is 10.4. The lowest BCUT2D eigenvalue weighted by molar-refractivity contribution is -0.175. The van der Waals surface area contributed by atoms with Gasteiger partial charge in [0.2, 0.25) is 0 Å². The van der Waals surface area contributed by atoms with E-state index in [9.17, 15) is 23.5 Å². The molecule has 9 heteroatoms. The number of nitrogens with one attached hydrogen (secondary N) is 1. The Morgan fingerprint density at radius 1 is 1.16 bits per heavy atom. The van der Waals surface area contributed by atoms with Crippen molar-refractivity contribution in [1.29, 1.82) is 0 Å². The van der Waals surface area contributed by atoms with E-state index in [-0.39, 0.29) is 0 Å². The van der Waals surface area contributed by atoms with Gasteiger partial charge in [-0.15, -0.1) is 0 Å². The molecule has 2 N–H and O–H groups in total. The monoisotopic (exact) mass is 456 g/mol. The van der Waals surface area contributed by atoms with E-state index in [1.165, 1.54) is 4.90 Å². The molecule has 1 aromatic carbocycles. The highest BCUT2D eigenvalue weighted by Crippen LogP contribution is 2.46. The first-order chi connectivity index (χ1) is 15.0. The van der Waals surface area contributed by atoms with Gasteiger partial charge in [0.05, 0.1) is 19.3 Å². The maximum Gasteiger partial charge on any atom is 0.329 e. The molecule has 180 valence electrons. The number of ether oxygens (including phenoxy) is 2. The summed E-state index contributed by atoms with van der Waals surface area (Å²) in [6, 6.07) is 2.53. The number of benzene rings is 1. The van der Waals surface area contributed by atoms with E-state index < -0.39 is 42.3 Å². The largest absolute Gasteiger partial charge is 0.493 e. The zero-order valence-electron chi connectivity index (χ0n) is 19.5. The number of alkyl halides is 2. The van der Waals surface area contributed by atoms with Crippen LogP contribution in [0.2, 0.25) is 0 Å². The summed E-state index contributed by atoms with van der Waals surface area (Å²) in [6.45, 7) is 10.7. The van der Waals surface area contributed by atoms with Crippen LogP contribution in [-0.4, -0.2) is 53.2 Å².